The number of para-hydroxylation sites is 2. The third-order valence-electron chi connectivity index (χ3n) is 10.8. The fraction of sp³-hybridized carbons (Fsp3) is 0. The Morgan fingerprint density at radius 1 is 0.345 bits per heavy atom. The second kappa shape index (κ2) is 14.1. The Balaban J connectivity index is 1.13. The molecule has 0 fully saturated rings. The molecule has 0 spiro atoms. The molecule has 0 aliphatic carbocycles. The lowest BCUT2D eigenvalue weighted by Gasteiger charge is -2.28. The fourth-order valence-corrected chi connectivity index (χ4v) is 7.96. The van der Waals surface area contributed by atoms with Gasteiger partial charge in [0.2, 0.25) is 0 Å². The second-order valence-electron chi connectivity index (χ2n) is 14.2. The molecule has 1 heterocycles. The van der Waals surface area contributed by atoms with Crippen molar-refractivity contribution in [2.24, 2.45) is 0 Å². The molecule has 0 amide bonds. The zero-order chi connectivity index (χ0) is 45.4. The molecule has 2 nitrogen and oxygen atoms in total. The molecule has 58 heavy (non-hydrogen) atoms. The Bertz CT molecular complexity index is 3690. The molecular formula is C56H37NO. The van der Waals surface area contributed by atoms with Gasteiger partial charge in [-0.05, 0) is 104 Å². The molecule has 0 unspecified atom stereocenters. The lowest BCUT2D eigenvalue weighted by atomic mass is 9.96. The first-order valence-corrected chi connectivity index (χ1v) is 19.2. The van der Waals surface area contributed by atoms with Gasteiger partial charge in [-0.15, -0.1) is 0 Å². The molecule has 0 N–H and O–H groups in total. The third-order valence-corrected chi connectivity index (χ3v) is 10.8. The average Bonchev–Trinajstić information content (AvgIpc) is 3.74. The van der Waals surface area contributed by atoms with Crippen molar-refractivity contribution >= 4 is 60.5 Å². The van der Waals surface area contributed by atoms with Gasteiger partial charge in [-0.3, -0.25) is 0 Å². The predicted molar refractivity (Wildman–Crippen MR) is 245 cm³/mol. The lowest BCUT2D eigenvalue weighted by Crippen LogP contribution is -2.11. The molecule has 11 aromatic rings. The smallest absolute Gasteiger partial charge is 0.143 e. The van der Waals surface area contributed by atoms with Crippen LogP contribution in [0, 0.1) is 0 Å². The highest BCUT2D eigenvalue weighted by Crippen LogP contribution is 2.43. The van der Waals surface area contributed by atoms with Crippen molar-refractivity contribution in [3.05, 3.63) is 224 Å². The standard InChI is InChI=1S/C56H37NO/c1-2-11-38(12-3-1)40-27-32-46(33-28-40)57(47-34-29-41(30-35-47)39-21-23-43(24-22-39)49-18-10-14-42-13-4-5-15-48(42)49)54-19-8-6-16-50(54)45-26-25-44-31-36-52-51-17-7-9-20-55(51)58-56(52)53(44)37-45/h1-37H/i27D,28D,29D,30D,32D,33D,34D,35D. The van der Waals surface area contributed by atoms with Crippen molar-refractivity contribution in [1.29, 1.82) is 0 Å². The summed E-state index contributed by atoms with van der Waals surface area (Å²) in [6.07, 6.45) is 0. The summed E-state index contributed by atoms with van der Waals surface area (Å²) in [5, 5.41) is 5.91. The quantitative estimate of drug-likeness (QED) is 0.161. The summed E-state index contributed by atoms with van der Waals surface area (Å²) in [7, 11) is 0. The maximum Gasteiger partial charge on any atom is 0.143 e. The summed E-state index contributed by atoms with van der Waals surface area (Å²) < 4.78 is 82.7. The Labute approximate surface area is 348 Å². The van der Waals surface area contributed by atoms with E-state index in [1.807, 2.05) is 109 Å². The van der Waals surface area contributed by atoms with Crippen LogP contribution in [0.4, 0.5) is 17.1 Å². The van der Waals surface area contributed by atoms with Gasteiger partial charge >= 0.3 is 0 Å². The fourth-order valence-electron chi connectivity index (χ4n) is 7.96. The Morgan fingerprint density at radius 3 is 1.67 bits per heavy atom. The molecule has 2 heteroatoms. The van der Waals surface area contributed by atoms with E-state index in [4.69, 9.17) is 4.42 Å². The molecule has 10 aromatic carbocycles. The number of fused-ring (bicyclic) bond motifs is 6. The minimum atomic E-state index is -0.412. The monoisotopic (exact) mass is 747 g/mol. The molecule has 272 valence electrons. The van der Waals surface area contributed by atoms with Gasteiger partial charge in [0.05, 0.1) is 16.7 Å². The SMILES string of the molecule is [2H]c1c([2H])c(N(c2ccccc2-c2ccc3ccc4c5ccccc5oc4c3c2)c2c([2H])c([2H])c(-c3ccc(-c4cccc5ccccc45)cc3)c([2H])c2[2H])c([2H])c([2H])c1-c1ccccc1. The Hall–Kier alpha value is -7.68. The minimum Gasteiger partial charge on any atom is -0.455 e. The van der Waals surface area contributed by atoms with Gasteiger partial charge in [-0.1, -0.05) is 176 Å². The van der Waals surface area contributed by atoms with E-state index in [9.17, 15) is 11.0 Å². The number of hydrogen-bond acceptors (Lipinski definition) is 2. The topological polar surface area (TPSA) is 16.4 Å². The van der Waals surface area contributed by atoms with E-state index >= 15 is 0 Å². The number of nitrogens with zero attached hydrogens (tertiary/aromatic N) is 1. The summed E-state index contributed by atoms with van der Waals surface area (Å²) in [6.45, 7) is 0. The Morgan fingerprint density at radius 2 is 0.897 bits per heavy atom. The van der Waals surface area contributed by atoms with Gasteiger partial charge < -0.3 is 9.32 Å². The number of hydrogen-bond donors (Lipinski definition) is 0. The van der Waals surface area contributed by atoms with Gasteiger partial charge in [0.25, 0.3) is 0 Å². The molecule has 0 saturated heterocycles. The van der Waals surface area contributed by atoms with Crippen molar-refractivity contribution in [3.63, 3.8) is 0 Å². The number of anilines is 3. The van der Waals surface area contributed by atoms with Crippen LogP contribution < -0.4 is 4.90 Å². The first-order valence-electron chi connectivity index (χ1n) is 23.2. The van der Waals surface area contributed by atoms with Crippen LogP contribution in [0.2, 0.25) is 0 Å². The van der Waals surface area contributed by atoms with Crippen LogP contribution in [0.25, 0.3) is 88.0 Å². The molecule has 0 aliphatic rings. The van der Waals surface area contributed by atoms with Crippen molar-refractivity contribution in [2.75, 3.05) is 4.90 Å². The van der Waals surface area contributed by atoms with E-state index in [0.717, 1.165) is 49.0 Å². The van der Waals surface area contributed by atoms with E-state index in [1.165, 1.54) is 4.90 Å². The van der Waals surface area contributed by atoms with Gasteiger partial charge in [0.1, 0.15) is 11.2 Å². The molecule has 11 rings (SSSR count). The normalized spacial score (nSPS) is 13.4. The summed E-state index contributed by atoms with van der Waals surface area (Å²) >= 11 is 0. The average molecular weight is 748 g/mol. The summed E-state index contributed by atoms with van der Waals surface area (Å²) in [5.41, 5.74) is 5.80. The van der Waals surface area contributed by atoms with Crippen LogP contribution >= 0.6 is 0 Å². The third kappa shape index (κ3) is 5.91. The molecule has 0 radical (unpaired) electrons. The van der Waals surface area contributed by atoms with Crippen LogP contribution in [0.5, 0.6) is 0 Å². The zero-order valence-corrected chi connectivity index (χ0v) is 31.1. The van der Waals surface area contributed by atoms with Crippen LogP contribution in [-0.4, -0.2) is 0 Å². The molecule has 1 aromatic heterocycles. The highest BCUT2D eigenvalue weighted by atomic mass is 16.3. The highest BCUT2D eigenvalue weighted by Gasteiger charge is 2.19. The van der Waals surface area contributed by atoms with Gasteiger partial charge in [0, 0.05) is 33.1 Å². The number of benzene rings is 10. The summed E-state index contributed by atoms with van der Waals surface area (Å²) in [4.78, 5) is 1.38. The van der Waals surface area contributed by atoms with Gasteiger partial charge in [-0.2, -0.15) is 0 Å². The van der Waals surface area contributed by atoms with E-state index in [-0.39, 0.29) is 46.7 Å². The number of rotatable bonds is 7. The van der Waals surface area contributed by atoms with E-state index in [2.05, 4.69) is 18.2 Å². The largest absolute Gasteiger partial charge is 0.455 e. The van der Waals surface area contributed by atoms with Gasteiger partial charge in [0.15, 0.2) is 0 Å². The van der Waals surface area contributed by atoms with Crippen molar-refractivity contribution < 1.29 is 15.4 Å². The van der Waals surface area contributed by atoms with Crippen molar-refractivity contribution in [1.82, 2.24) is 0 Å². The molecule has 0 bridgehead atoms. The maximum atomic E-state index is 9.71. The summed E-state index contributed by atoms with van der Waals surface area (Å²) in [6, 6.07) is 52.7. The molecule has 0 saturated carbocycles. The number of furan rings is 1. The minimum absolute atomic E-state index is 0.0924. The predicted octanol–water partition coefficient (Wildman–Crippen LogP) is 16.0. The van der Waals surface area contributed by atoms with Crippen molar-refractivity contribution in [2.45, 2.75) is 0 Å². The Kier molecular flexibility index (Phi) is 6.38. The molecular weight excluding hydrogens is 703 g/mol. The van der Waals surface area contributed by atoms with Crippen LogP contribution in [0.1, 0.15) is 11.0 Å². The second-order valence-corrected chi connectivity index (χ2v) is 14.2. The maximum absolute atomic E-state index is 9.71. The van der Waals surface area contributed by atoms with Crippen molar-refractivity contribution in [3.8, 4) is 44.5 Å². The lowest BCUT2D eigenvalue weighted by molar-refractivity contribution is 0.672. The highest BCUT2D eigenvalue weighted by molar-refractivity contribution is 6.15. The van der Waals surface area contributed by atoms with E-state index in [0.29, 0.717) is 33.5 Å². The zero-order valence-electron chi connectivity index (χ0n) is 39.1. The first-order chi connectivity index (χ1) is 32.1. The molecule has 0 aliphatic heterocycles. The van der Waals surface area contributed by atoms with E-state index < -0.39 is 24.2 Å². The van der Waals surface area contributed by atoms with Crippen LogP contribution in [-0.2, 0) is 0 Å². The van der Waals surface area contributed by atoms with Gasteiger partial charge in [-0.25, -0.2) is 0 Å². The van der Waals surface area contributed by atoms with E-state index in [1.54, 1.807) is 48.5 Å². The first kappa shape index (κ1) is 26.2. The molecule has 0 atom stereocenters. The van der Waals surface area contributed by atoms with Crippen LogP contribution in [0.15, 0.2) is 229 Å². The summed E-state index contributed by atoms with van der Waals surface area (Å²) in [5.74, 6) is 0. The van der Waals surface area contributed by atoms with Crippen LogP contribution in [0.3, 0.4) is 0 Å².